The fourth-order valence-corrected chi connectivity index (χ4v) is 6.40. The van der Waals surface area contributed by atoms with Gasteiger partial charge in [-0.3, -0.25) is 19.8 Å². The van der Waals surface area contributed by atoms with Crippen molar-refractivity contribution in [1.82, 2.24) is 10.2 Å². The zero-order valence-corrected chi connectivity index (χ0v) is 19.8. The molecule has 4 fully saturated rings. The van der Waals surface area contributed by atoms with E-state index in [1.54, 1.807) is 0 Å². The molecule has 186 valence electrons. The smallest absolute Gasteiger partial charge is 0.233 e. The van der Waals surface area contributed by atoms with Crippen LogP contribution >= 0.6 is 0 Å². The lowest BCUT2D eigenvalue weighted by Gasteiger charge is -2.40. The van der Waals surface area contributed by atoms with Gasteiger partial charge in [0.05, 0.1) is 29.2 Å². The van der Waals surface area contributed by atoms with Gasteiger partial charge in [0.25, 0.3) is 0 Å². The van der Waals surface area contributed by atoms with Gasteiger partial charge in [0.1, 0.15) is 11.9 Å². The molecular weight excluding hydrogens is 437 g/mol. The average Bonchev–Trinajstić information content (AvgIpc) is 3.42. The molecule has 0 aromatic heterocycles. The van der Waals surface area contributed by atoms with Crippen molar-refractivity contribution in [2.24, 2.45) is 11.3 Å². The number of piperazine rings is 1. The number of halogens is 1. The largest absolute Gasteiger partial charge is 0.488 e. The number of fused-ring (bicyclic) bond motifs is 1. The van der Waals surface area contributed by atoms with Crippen molar-refractivity contribution in [2.45, 2.75) is 69.7 Å². The Labute approximate surface area is 200 Å². The van der Waals surface area contributed by atoms with E-state index in [4.69, 9.17) is 4.74 Å². The van der Waals surface area contributed by atoms with Crippen LogP contribution in [0, 0.1) is 11.3 Å². The van der Waals surface area contributed by atoms with Gasteiger partial charge in [0, 0.05) is 26.2 Å². The number of benzene rings is 1. The molecule has 0 radical (unpaired) electrons. The number of imide groups is 1. The van der Waals surface area contributed by atoms with Crippen LogP contribution in [-0.2, 0) is 9.59 Å². The van der Waals surface area contributed by atoms with Gasteiger partial charge in [-0.25, -0.2) is 4.39 Å². The lowest BCUT2D eigenvalue weighted by atomic mass is 9.64. The highest BCUT2D eigenvalue weighted by Crippen LogP contribution is 2.49. The van der Waals surface area contributed by atoms with Crippen LogP contribution in [0.25, 0.3) is 0 Å². The van der Waals surface area contributed by atoms with Gasteiger partial charge >= 0.3 is 0 Å². The quantitative estimate of drug-likeness (QED) is 0.593. The summed E-state index contributed by atoms with van der Waals surface area (Å²) in [5.74, 6) is -0.357. The third kappa shape index (κ3) is 4.54. The number of aliphatic hydroxyl groups excluding tert-OH is 1. The summed E-state index contributed by atoms with van der Waals surface area (Å²) >= 11 is 0. The van der Waals surface area contributed by atoms with Gasteiger partial charge in [-0.1, -0.05) is 12.1 Å². The van der Waals surface area contributed by atoms with Crippen molar-refractivity contribution in [3.05, 3.63) is 24.3 Å². The molecule has 4 atom stereocenters. The number of nitrogens with zero attached hydrogens (tertiary/aromatic N) is 2. The van der Waals surface area contributed by atoms with Gasteiger partial charge in [-0.15, -0.1) is 0 Å². The molecule has 1 aromatic rings. The van der Waals surface area contributed by atoms with Crippen molar-refractivity contribution in [2.75, 3.05) is 37.6 Å². The number of amides is 2. The number of ether oxygens (including phenoxy) is 1. The third-order valence-electron chi connectivity index (χ3n) is 8.40. The number of aliphatic hydroxyl groups is 1. The fourth-order valence-electron chi connectivity index (χ4n) is 6.40. The number of anilines is 1. The zero-order valence-electron chi connectivity index (χ0n) is 19.8. The van der Waals surface area contributed by atoms with Crippen LogP contribution in [0.4, 0.5) is 10.1 Å². The number of hydrogen-bond acceptors (Lipinski definition) is 6. The Hall–Kier alpha value is -2.19. The van der Waals surface area contributed by atoms with E-state index in [0.717, 1.165) is 63.4 Å². The monoisotopic (exact) mass is 473 g/mol. The van der Waals surface area contributed by atoms with Gasteiger partial charge in [-0.05, 0) is 70.0 Å². The van der Waals surface area contributed by atoms with Crippen molar-refractivity contribution >= 4 is 17.5 Å². The highest BCUT2D eigenvalue weighted by molar-refractivity contribution is 6.07. The van der Waals surface area contributed by atoms with E-state index in [-0.39, 0.29) is 24.7 Å². The van der Waals surface area contributed by atoms with Crippen LogP contribution in [0.1, 0.15) is 51.4 Å². The molecule has 7 nitrogen and oxygen atoms in total. The van der Waals surface area contributed by atoms with Crippen molar-refractivity contribution < 1.29 is 23.8 Å². The van der Waals surface area contributed by atoms with Gasteiger partial charge in [-0.2, -0.15) is 0 Å². The summed E-state index contributed by atoms with van der Waals surface area (Å²) in [7, 11) is 0. The molecule has 2 aliphatic heterocycles. The molecule has 0 bridgehead atoms. The Morgan fingerprint density at radius 1 is 1.12 bits per heavy atom. The van der Waals surface area contributed by atoms with E-state index in [2.05, 4.69) is 33.3 Å². The van der Waals surface area contributed by atoms with Crippen molar-refractivity contribution in [3.63, 3.8) is 0 Å². The summed E-state index contributed by atoms with van der Waals surface area (Å²) in [6, 6.07) is 8.31. The maximum atomic E-state index is 14.3. The maximum absolute atomic E-state index is 14.3. The summed E-state index contributed by atoms with van der Waals surface area (Å²) in [6.07, 6.45) is 3.63. The Kier molecular flexibility index (Phi) is 6.80. The molecule has 2 saturated carbocycles. The number of rotatable bonds is 7. The normalized spacial score (nSPS) is 32.6. The second kappa shape index (κ2) is 9.82. The number of hydrogen-bond donors (Lipinski definition) is 2. The summed E-state index contributed by atoms with van der Waals surface area (Å²) in [4.78, 5) is 29.6. The van der Waals surface area contributed by atoms with E-state index in [9.17, 15) is 19.1 Å². The Balaban J connectivity index is 1.14. The number of nitrogens with one attached hydrogen (secondary N) is 1. The standard InChI is InChI=1S/C26H36FN3O4/c27-20-17-26(19(16-22(20)31)24(32)28-25(26)33)10-5-11-29-12-14-30(15-13-29)21-8-3-4-9-23(21)34-18-6-1-2-7-18/h3-4,8-9,18-20,22,31H,1-2,5-7,10-17H2,(H,28,32,33). The number of carbonyl (C=O) groups is 2. The summed E-state index contributed by atoms with van der Waals surface area (Å²) in [5.41, 5.74) is 0.153. The molecule has 2 N–H and O–H groups in total. The van der Waals surface area contributed by atoms with E-state index < -0.39 is 23.6 Å². The molecule has 5 rings (SSSR count). The first-order valence-corrected chi connectivity index (χ1v) is 12.9. The molecule has 0 spiro atoms. The predicted molar refractivity (Wildman–Crippen MR) is 126 cm³/mol. The molecule has 2 heterocycles. The number of para-hydroxylation sites is 2. The minimum atomic E-state index is -1.46. The molecule has 34 heavy (non-hydrogen) atoms. The van der Waals surface area contributed by atoms with Crippen LogP contribution in [0.3, 0.4) is 0 Å². The van der Waals surface area contributed by atoms with Gasteiger partial charge in [0.2, 0.25) is 11.8 Å². The molecule has 4 unspecified atom stereocenters. The fraction of sp³-hybridized carbons (Fsp3) is 0.692. The predicted octanol–water partition coefficient (Wildman–Crippen LogP) is 2.66. The molecule has 1 aromatic carbocycles. The second-order valence-corrected chi connectivity index (χ2v) is 10.5. The maximum Gasteiger partial charge on any atom is 0.233 e. The second-order valence-electron chi connectivity index (χ2n) is 10.5. The molecule has 2 aliphatic carbocycles. The SMILES string of the molecule is O=C1NC(=O)C2(CCCN3CCN(c4ccccc4OC4CCCC4)CC3)CC(F)C(O)CC12. The molecule has 4 aliphatic rings. The number of alkyl halides is 1. The minimum absolute atomic E-state index is 0.0275. The minimum Gasteiger partial charge on any atom is -0.488 e. The summed E-state index contributed by atoms with van der Waals surface area (Å²) in [6.45, 7) is 4.42. The third-order valence-corrected chi connectivity index (χ3v) is 8.40. The van der Waals surface area contributed by atoms with E-state index in [1.807, 2.05) is 6.07 Å². The van der Waals surface area contributed by atoms with Crippen LogP contribution in [0.5, 0.6) is 5.75 Å². The zero-order chi connectivity index (χ0) is 23.7. The first-order chi connectivity index (χ1) is 16.5. The molecular formula is C26H36FN3O4. The van der Waals surface area contributed by atoms with Gasteiger partial charge < -0.3 is 14.7 Å². The van der Waals surface area contributed by atoms with Crippen LogP contribution < -0.4 is 15.0 Å². The van der Waals surface area contributed by atoms with E-state index >= 15 is 0 Å². The average molecular weight is 474 g/mol. The van der Waals surface area contributed by atoms with Crippen molar-refractivity contribution in [1.29, 1.82) is 0 Å². The lowest BCUT2D eigenvalue weighted by molar-refractivity contribution is -0.137. The molecule has 2 amide bonds. The summed E-state index contributed by atoms with van der Waals surface area (Å²) < 4.78 is 20.7. The highest BCUT2D eigenvalue weighted by Gasteiger charge is 2.59. The van der Waals surface area contributed by atoms with Crippen molar-refractivity contribution in [3.8, 4) is 5.75 Å². The molecule has 8 heteroatoms. The van der Waals surface area contributed by atoms with Crippen LogP contribution in [0.15, 0.2) is 24.3 Å². The number of carbonyl (C=O) groups excluding carboxylic acids is 2. The van der Waals surface area contributed by atoms with Crippen LogP contribution in [-0.4, -0.2) is 72.9 Å². The Bertz CT molecular complexity index is 900. The topological polar surface area (TPSA) is 82.1 Å². The highest BCUT2D eigenvalue weighted by atomic mass is 19.1. The molecule has 2 saturated heterocycles. The first-order valence-electron chi connectivity index (χ1n) is 12.9. The Morgan fingerprint density at radius 2 is 1.85 bits per heavy atom. The van der Waals surface area contributed by atoms with E-state index in [1.165, 1.54) is 12.8 Å². The summed E-state index contributed by atoms with van der Waals surface area (Å²) in [5, 5.41) is 12.3. The Morgan fingerprint density at radius 3 is 2.62 bits per heavy atom. The van der Waals surface area contributed by atoms with Crippen LogP contribution in [0.2, 0.25) is 0 Å². The van der Waals surface area contributed by atoms with E-state index in [0.29, 0.717) is 12.5 Å². The first kappa shape index (κ1) is 23.5. The lowest BCUT2D eigenvalue weighted by Crippen LogP contribution is -2.48. The van der Waals surface area contributed by atoms with Gasteiger partial charge in [0.15, 0.2) is 0 Å².